The number of nitrogens with zero attached hydrogens (tertiary/aromatic N) is 2. The molecule has 2 rings (SSSR count). The largest absolute Gasteiger partial charge is 0.377 e. The van der Waals surface area contributed by atoms with Crippen LogP contribution in [0.25, 0.3) is 0 Å². The zero-order chi connectivity index (χ0) is 15.2. The summed E-state index contributed by atoms with van der Waals surface area (Å²) >= 11 is 0. The second-order valence-corrected chi connectivity index (χ2v) is 5.16. The monoisotopic (exact) mass is 294 g/mol. The van der Waals surface area contributed by atoms with Gasteiger partial charge in [-0.15, -0.1) is 0 Å². The number of carbonyl (C=O) groups excluding carboxylic acids is 2. The molecule has 1 aromatic heterocycles. The molecule has 0 radical (unpaired) electrons. The minimum Gasteiger partial charge on any atom is -0.377 e. The van der Waals surface area contributed by atoms with Crippen molar-refractivity contribution in [2.45, 2.75) is 38.8 Å². The van der Waals surface area contributed by atoms with Gasteiger partial charge >= 0.3 is 0 Å². The Morgan fingerprint density at radius 2 is 2.33 bits per heavy atom. The maximum Gasteiger partial charge on any atom is 0.241 e. The number of hydrogen-bond acceptors (Lipinski definition) is 4. The summed E-state index contributed by atoms with van der Waals surface area (Å²) in [6.07, 6.45) is 5.76. The van der Waals surface area contributed by atoms with E-state index in [0.717, 1.165) is 25.9 Å². The maximum atomic E-state index is 12.3. The molecule has 0 unspecified atom stereocenters. The van der Waals surface area contributed by atoms with Gasteiger partial charge in [0.1, 0.15) is 6.54 Å². The van der Waals surface area contributed by atoms with Gasteiger partial charge in [-0.05, 0) is 19.3 Å². The Balaban J connectivity index is 1.94. The van der Waals surface area contributed by atoms with Crippen molar-refractivity contribution >= 4 is 17.5 Å². The molecule has 1 aliphatic heterocycles. The SMILES string of the molecule is CC[C@H]1OCCC[C@H]1C(=O)Nc1cnn(CC(=O)NC)c1. The van der Waals surface area contributed by atoms with E-state index in [2.05, 4.69) is 15.7 Å². The lowest BCUT2D eigenvalue weighted by Crippen LogP contribution is -2.37. The van der Waals surface area contributed by atoms with Gasteiger partial charge in [0.05, 0.1) is 23.9 Å². The smallest absolute Gasteiger partial charge is 0.241 e. The highest BCUT2D eigenvalue weighted by molar-refractivity contribution is 5.92. The Kier molecular flexibility index (Phi) is 5.32. The van der Waals surface area contributed by atoms with E-state index in [1.54, 1.807) is 19.4 Å². The van der Waals surface area contributed by atoms with Crippen LogP contribution in [0.15, 0.2) is 12.4 Å². The Bertz CT molecular complexity index is 500. The van der Waals surface area contributed by atoms with Crippen LogP contribution < -0.4 is 10.6 Å². The van der Waals surface area contributed by atoms with E-state index in [1.165, 1.54) is 4.68 Å². The number of nitrogens with one attached hydrogen (secondary N) is 2. The second-order valence-electron chi connectivity index (χ2n) is 5.16. The molecule has 0 aliphatic carbocycles. The summed E-state index contributed by atoms with van der Waals surface area (Å²) in [6.45, 7) is 2.89. The minimum absolute atomic E-state index is 0.0142. The van der Waals surface area contributed by atoms with E-state index in [9.17, 15) is 9.59 Å². The highest BCUT2D eigenvalue weighted by Crippen LogP contribution is 2.24. The fourth-order valence-electron chi connectivity index (χ4n) is 2.52. The first-order chi connectivity index (χ1) is 10.1. The van der Waals surface area contributed by atoms with Gasteiger partial charge in [0.15, 0.2) is 0 Å². The number of hydrogen-bond donors (Lipinski definition) is 2. The lowest BCUT2D eigenvalue weighted by atomic mass is 9.92. The molecule has 1 fully saturated rings. The summed E-state index contributed by atoms with van der Waals surface area (Å²) in [6, 6.07) is 0. The molecule has 7 nitrogen and oxygen atoms in total. The summed E-state index contributed by atoms with van der Waals surface area (Å²) in [4.78, 5) is 23.6. The number of aromatic nitrogens is 2. The zero-order valence-corrected chi connectivity index (χ0v) is 12.5. The first-order valence-corrected chi connectivity index (χ1v) is 7.29. The van der Waals surface area contributed by atoms with E-state index < -0.39 is 0 Å². The highest BCUT2D eigenvalue weighted by atomic mass is 16.5. The lowest BCUT2D eigenvalue weighted by molar-refractivity contribution is -0.129. The molecule has 1 aliphatic rings. The van der Waals surface area contributed by atoms with Gasteiger partial charge in [0.25, 0.3) is 0 Å². The van der Waals surface area contributed by atoms with E-state index >= 15 is 0 Å². The molecule has 1 saturated heterocycles. The van der Waals surface area contributed by atoms with Crippen LogP contribution in [0.4, 0.5) is 5.69 Å². The van der Waals surface area contributed by atoms with Crippen LogP contribution in [-0.2, 0) is 20.9 Å². The average Bonchev–Trinajstić information content (AvgIpc) is 2.93. The first kappa shape index (κ1) is 15.5. The van der Waals surface area contributed by atoms with Crippen molar-refractivity contribution in [2.75, 3.05) is 19.0 Å². The molecule has 2 amide bonds. The number of rotatable bonds is 5. The summed E-state index contributed by atoms with van der Waals surface area (Å²) in [5, 5.41) is 9.43. The van der Waals surface area contributed by atoms with Crippen molar-refractivity contribution in [3.63, 3.8) is 0 Å². The van der Waals surface area contributed by atoms with E-state index in [4.69, 9.17) is 4.74 Å². The van der Waals surface area contributed by atoms with Crippen LogP contribution in [-0.4, -0.2) is 41.4 Å². The number of anilines is 1. The molecular weight excluding hydrogens is 272 g/mol. The molecular formula is C14H22N4O3. The fraction of sp³-hybridized carbons (Fsp3) is 0.643. The molecule has 2 heterocycles. The van der Waals surface area contributed by atoms with Crippen LogP contribution in [0.3, 0.4) is 0 Å². The van der Waals surface area contributed by atoms with Crippen LogP contribution in [0, 0.1) is 5.92 Å². The fourth-order valence-corrected chi connectivity index (χ4v) is 2.52. The third-order valence-electron chi connectivity index (χ3n) is 3.66. The number of carbonyl (C=O) groups is 2. The van der Waals surface area contributed by atoms with Crippen LogP contribution >= 0.6 is 0 Å². The molecule has 1 aromatic rings. The molecule has 7 heteroatoms. The first-order valence-electron chi connectivity index (χ1n) is 7.29. The third-order valence-corrected chi connectivity index (χ3v) is 3.66. The normalized spacial score (nSPS) is 21.8. The highest BCUT2D eigenvalue weighted by Gasteiger charge is 2.30. The van der Waals surface area contributed by atoms with E-state index in [0.29, 0.717) is 5.69 Å². The van der Waals surface area contributed by atoms with Gasteiger partial charge in [-0.25, -0.2) is 0 Å². The number of ether oxygens (including phenoxy) is 1. The van der Waals surface area contributed by atoms with Gasteiger partial charge < -0.3 is 15.4 Å². The van der Waals surface area contributed by atoms with Crippen molar-refractivity contribution in [3.05, 3.63) is 12.4 Å². The number of likely N-dealkylation sites (N-methyl/N-ethyl adjacent to an activating group) is 1. The van der Waals surface area contributed by atoms with Gasteiger partial charge in [-0.2, -0.15) is 5.10 Å². The van der Waals surface area contributed by atoms with Crippen molar-refractivity contribution in [2.24, 2.45) is 5.92 Å². The summed E-state index contributed by atoms with van der Waals surface area (Å²) < 4.78 is 7.13. The van der Waals surface area contributed by atoms with Gasteiger partial charge in [0, 0.05) is 19.9 Å². The average molecular weight is 294 g/mol. The van der Waals surface area contributed by atoms with Crippen molar-refractivity contribution in [1.82, 2.24) is 15.1 Å². The Morgan fingerprint density at radius 1 is 1.52 bits per heavy atom. The van der Waals surface area contributed by atoms with E-state index in [-0.39, 0.29) is 30.4 Å². The van der Waals surface area contributed by atoms with Crippen molar-refractivity contribution in [3.8, 4) is 0 Å². The molecule has 116 valence electrons. The minimum atomic E-state index is -0.136. The Hall–Kier alpha value is -1.89. The summed E-state index contributed by atoms with van der Waals surface area (Å²) in [5.41, 5.74) is 0.601. The standard InChI is InChI=1S/C14H22N4O3/c1-3-12-11(5-4-6-21-12)14(20)17-10-7-16-18(8-10)9-13(19)15-2/h7-8,11-12H,3-6,9H2,1-2H3,(H,15,19)(H,17,20)/t11-,12-/m1/s1. The molecule has 2 atom stereocenters. The predicted molar refractivity (Wildman–Crippen MR) is 77.7 cm³/mol. The van der Waals surface area contributed by atoms with Gasteiger partial charge in [-0.3, -0.25) is 14.3 Å². The van der Waals surface area contributed by atoms with Crippen LogP contribution in [0.2, 0.25) is 0 Å². The summed E-state index contributed by atoms with van der Waals surface area (Å²) in [7, 11) is 1.57. The molecule has 0 aromatic carbocycles. The Labute approximate surface area is 124 Å². The van der Waals surface area contributed by atoms with Gasteiger partial charge in [0.2, 0.25) is 11.8 Å². The van der Waals surface area contributed by atoms with E-state index in [1.807, 2.05) is 6.92 Å². The molecule has 0 saturated carbocycles. The van der Waals surface area contributed by atoms with Crippen LogP contribution in [0.1, 0.15) is 26.2 Å². The van der Waals surface area contributed by atoms with Crippen molar-refractivity contribution < 1.29 is 14.3 Å². The number of amides is 2. The topological polar surface area (TPSA) is 85.2 Å². The predicted octanol–water partition coefficient (Wildman–Crippen LogP) is 0.773. The van der Waals surface area contributed by atoms with Gasteiger partial charge in [-0.1, -0.05) is 6.92 Å². The molecule has 2 N–H and O–H groups in total. The zero-order valence-electron chi connectivity index (χ0n) is 12.5. The lowest BCUT2D eigenvalue weighted by Gasteiger charge is -2.29. The maximum absolute atomic E-state index is 12.3. The third kappa shape index (κ3) is 4.04. The summed E-state index contributed by atoms with van der Waals surface area (Å²) in [5.74, 6) is -0.296. The quantitative estimate of drug-likeness (QED) is 0.840. The molecule has 0 spiro atoms. The van der Waals surface area contributed by atoms with Crippen molar-refractivity contribution in [1.29, 1.82) is 0 Å². The molecule has 21 heavy (non-hydrogen) atoms. The van der Waals surface area contributed by atoms with Crippen LogP contribution in [0.5, 0.6) is 0 Å². The molecule has 0 bridgehead atoms. The Morgan fingerprint density at radius 3 is 3.05 bits per heavy atom. The second kappa shape index (κ2) is 7.21.